The van der Waals surface area contributed by atoms with E-state index < -0.39 is 12.0 Å². The zero-order valence-electron chi connectivity index (χ0n) is 11.2. The Bertz CT molecular complexity index is 516. The largest absolute Gasteiger partial charge is 0.480 e. The molecule has 1 aromatic rings. The summed E-state index contributed by atoms with van der Waals surface area (Å²) in [6.45, 7) is 2.68. The summed E-state index contributed by atoms with van der Waals surface area (Å²) in [5, 5.41) is 9.33. The molecule has 0 spiro atoms. The molecule has 1 saturated heterocycles. The third-order valence-electron chi connectivity index (χ3n) is 4.08. The summed E-state index contributed by atoms with van der Waals surface area (Å²) in [4.78, 5) is 22.4. The molecule has 2 heterocycles. The van der Waals surface area contributed by atoms with E-state index in [1.54, 1.807) is 0 Å². The highest BCUT2D eigenvalue weighted by Gasteiger charge is 2.34. The molecule has 5 heteroatoms. The number of carboxylic acid groups (broad SMARTS) is 1. The first-order valence-electron chi connectivity index (χ1n) is 7.02. The average Bonchev–Trinajstić information content (AvgIpc) is 2.86. The number of fused-ring (bicyclic) bond motifs is 1. The lowest BCUT2D eigenvalue weighted by Gasteiger charge is -2.27. The summed E-state index contributed by atoms with van der Waals surface area (Å²) < 4.78 is 0. The highest BCUT2D eigenvalue weighted by Crippen LogP contribution is 2.32. The standard InChI is InChI=1S/C14H19N3O2/c1-9-15-11-6-3-2-5-10(11)13(16-9)17-8-4-7-12(17)14(18)19/h12H,2-8H2,1H3,(H,18,19). The molecule has 2 aliphatic rings. The Morgan fingerprint density at radius 1 is 1.26 bits per heavy atom. The molecule has 5 nitrogen and oxygen atoms in total. The smallest absolute Gasteiger partial charge is 0.326 e. The van der Waals surface area contributed by atoms with Gasteiger partial charge in [0.25, 0.3) is 0 Å². The normalized spacial score (nSPS) is 22.4. The van der Waals surface area contributed by atoms with Crippen LogP contribution in [0.4, 0.5) is 5.82 Å². The molecular formula is C14H19N3O2. The monoisotopic (exact) mass is 261 g/mol. The molecule has 0 aromatic carbocycles. The Hall–Kier alpha value is -1.65. The van der Waals surface area contributed by atoms with Crippen LogP contribution in [0.3, 0.4) is 0 Å². The fourth-order valence-electron chi connectivity index (χ4n) is 3.21. The number of hydrogen-bond acceptors (Lipinski definition) is 4. The van der Waals surface area contributed by atoms with Crippen molar-refractivity contribution in [2.75, 3.05) is 11.4 Å². The van der Waals surface area contributed by atoms with Gasteiger partial charge in [-0.2, -0.15) is 0 Å². The summed E-state index contributed by atoms with van der Waals surface area (Å²) in [7, 11) is 0. The highest BCUT2D eigenvalue weighted by molar-refractivity contribution is 5.79. The summed E-state index contributed by atoms with van der Waals surface area (Å²) >= 11 is 0. The maximum absolute atomic E-state index is 11.4. The Kier molecular flexibility index (Phi) is 3.12. The van der Waals surface area contributed by atoms with Gasteiger partial charge in [-0.1, -0.05) is 0 Å². The second-order valence-corrected chi connectivity index (χ2v) is 5.42. The van der Waals surface area contributed by atoms with Gasteiger partial charge in [-0.3, -0.25) is 0 Å². The number of anilines is 1. The number of nitrogens with zero attached hydrogens (tertiary/aromatic N) is 3. The van der Waals surface area contributed by atoms with Crippen LogP contribution < -0.4 is 4.90 Å². The molecule has 102 valence electrons. The van der Waals surface area contributed by atoms with Crippen LogP contribution in [-0.4, -0.2) is 33.6 Å². The van der Waals surface area contributed by atoms with Crippen LogP contribution in [-0.2, 0) is 17.6 Å². The number of carboxylic acids is 1. The molecule has 0 amide bonds. The van der Waals surface area contributed by atoms with Crippen molar-refractivity contribution in [1.29, 1.82) is 0 Å². The third-order valence-corrected chi connectivity index (χ3v) is 4.08. The van der Waals surface area contributed by atoms with E-state index in [2.05, 4.69) is 9.97 Å². The first-order valence-corrected chi connectivity index (χ1v) is 7.02. The number of aromatic nitrogens is 2. The molecule has 1 aliphatic heterocycles. The quantitative estimate of drug-likeness (QED) is 0.878. The molecule has 1 atom stereocenters. The second kappa shape index (κ2) is 4.79. The molecule has 1 unspecified atom stereocenters. The topological polar surface area (TPSA) is 66.3 Å². The van der Waals surface area contributed by atoms with Gasteiger partial charge in [-0.05, 0) is 45.4 Å². The predicted molar refractivity (Wildman–Crippen MR) is 71.4 cm³/mol. The van der Waals surface area contributed by atoms with Crippen molar-refractivity contribution in [3.8, 4) is 0 Å². The summed E-state index contributed by atoms with van der Waals surface area (Å²) in [6, 6.07) is -0.416. The molecule has 0 bridgehead atoms. The fourth-order valence-corrected chi connectivity index (χ4v) is 3.21. The van der Waals surface area contributed by atoms with E-state index in [4.69, 9.17) is 0 Å². The minimum absolute atomic E-state index is 0.416. The Morgan fingerprint density at radius 2 is 2.05 bits per heavy atom. The van der Waals surface area contributed by atoms with Crippen molar-refractivity contribution in [3.05, 3.63) is 17.1 Å². The number of aliphatic carboxylic acids is 1. The second-order valence-electron chi connectivity index (χ2n) is 5.42. The van der Waals surface area contributed by atoms with Crippen LogP contribution in [0.1, 0.15) is 42.8 Å². The summed E-state index contributed by atoms with van der Waals surface area (Å²) in [5.74, 6) is 0.900. The van der Waals surface area contributed by atoms with Gasteiger partial charge in [0, 0.05) is 17.8 Å². The van der Waals surface area contributed by atoms with Crippen LogP contribution in [0.25, 0.3) is 0 Å². The molecule has 1 aliphatic carbocycles. The molecular weight excluding hydrogens is 242 g/mol. The van der Waals surface area contributed by atoms with Crippen LogP contribution in [0.15, 0.2) is 0 Å². The van der Waals surface area contributed by atoms with E-state index in [1.807, 2.05) is 11.8 Å². The van der Waals surface area contributed by atoms with Crippen molar-refractivity contribution < 1.29 is 9.90 Å². The first-order chi connectivity index (χ1) is 9.16. The van der Waals surface area contributed by atoms with Crippen molar-refractivity contribution in [2.45, 2.75) is 51.5 Å². The van der Waals surface area contributed by atoms with Gasteiger partial charge in [0.1, 0.15) is 17.7 Å². The minimum Gasteiger partial charge on any atom is -0.480 e. The molecule has 0 saturated carbocycles. The van der Waals surface area contributed by atoms with Crippen LogP contribution in [0, 0.1) is 6.92 Å². The van der Waals surface area contributed by atoms with Gasteiger partial charge in [-0.15, -0.1) is 0 Å². The Labute approximate surface area is 112 Å². The van der Waals surface area contributed by atoms with Crippen molar-refractivity contribution in [3.63, 3.8) is 0 Å². The Morgan fingerprint density at radius 3 is 2.84 bits per heavy atom. The van der Waals surface area contributed by atoms with Gasteiger partial charge < -0.3 is 10.0 Å². The van der Waals surface area contributed by atoms with Gasteiger partial charge >= 0.3 is 5.97 Å². The van der Waals surface area contributed by atoms with Crippen molar-refractivity contribution in [1.82, 2.24) is 9.97 Å². The maximum atomic E-state index is 11.4. The van der Waals surface area contributed by atoms with Gasteiger partial charge in [0.15, 0.2) is 0 Å². The molecule has 3 rings (SSSR count). The number of rotatable bonds is 2. The predicted octanol–water partition coefficient (Wildman–Crippen LogP) is 1.72. The van der Waals surface area contributed by atoms with Crippen molar-refractivity contribution >= 4 is 11.8 Å². The van der Waals surface area contributed by atoms with E-state index in [9.17, 15) is 9.90 Å². The zero-order valence-corrected chi connectivity index (χ0v) is 11.2. The molecule has 1 N–H and O–H groups in total. The molecule has 1 fully saturated rings. The van der Waals surface area contributed by atoms with Gasteiger partial charge in [0.2, 0.25) is 0 Å². The van der Waals surface area contributed by atoms with E-state index >= 15 is 0 Å². The van der Waals surface area contributed by atoms with Gasteiger partial charge in [0.05, 0.1) is 0 Å². The lowest BCUT2D eigenvalue weighted by atomic mass is 9.96. The summed E-state index contributed by atoms with van der Waals surface area (Å²) in [5.41, 5.74) is 2.31. The number of carbonyl (C=O) groups is 1. The number of aryl methyl sites for hydroxylation is 2. The first kappa shape index (κ1) is 12.4. The maximum Gasteiger partial charge on any atom is 0.326 e. The molecule has 19 heavy (non-hydrogen) atoms. The SMILES string of the molecule is Cc1nc2c(c(N3CCCC3C(=O)O)n1)CCCC2. The van der Waals surface area contributed by atoms with Crippen LogP contribution in [0.2, 0.25) is 0 Å². The lowest BCUT2D eigenvalue weighted by molar-refractivity contribution is -0.138. The zero-order chi connectivity index (χ0) is 13.4. The lowest BCUT2D eigenvalue weighted by Crippen LogP contribution is -2.37. The van der Waals surface area contributed by atoms with Gasteiger partial charge in [-0.25, -0.2) is 14.8 Å². The third kappa shape index (κ3) is 2.17. The van der Waals surface area contributed by atoms with Crippen LogP contribution >= 0.6 is 0 Å². The summed E-state index contributed by atoms with van der Waals surface area (Å²) in [6.07, 6.45) is 5.94. The van der Waals surface area contributed by atoms with E-state index in [0.29, 0.717) is 6.42 Å². The average molecular weight is 261 g/mol. The van der Waals surface area contributed by atoms with E-state index in [1.165, 1.54) is 12.0 Å². The molecule has 0 radical (unpaired) electrons. The van der Waals surface area contributed by atoms with Crippen LogP contribution in [0.5, 0.6) is 0 Å². The minimum atomic E-state index is -0.738. The van der Waals surface area contributed by atoms with E-state index in [0.717, 1.165) is 49.6 Å². The van der Waals surface area contributed by atoms with E-state index in [-0.39, 0.29) is 0 Å². The Balaban J connectivity index is 2.04. The van der Waals surface area contributed by atoms with Crippen molar-refractivity contribution in [2.24, 2.45) is 0 Å². The highest BCUT2D eigenvalue weighted by atomic mass is 16.4. The molecule has 1 aromatic heterocycles. The number of hydrogen-bond donors (Lipinski definition) is 1. The fraction of sp³-hybridized carbons (Fsp3) is 0.643.